The van der Waals surface area contributed by atoms with E-state index in [1.807, 2.05) is 35.3 Å². The van der Waals surface area contributed by atoms with E-state index in [2.05, 4.69) is 0 Å². The number of ether oxygens (including phenoxy) is 3. The number of rotatable bonds is 7. The smallest absolute Gasteiger partial charge is 0.246 e. The Morgan fingerprint density at radius 3 is 2.38 bits per heavy atom. The Morgan fingerprint density at radius 1 is 0.900 bits per heavy atom. The molecule has 3 aromatic carbocycles. The van der Waals surface area contributed by atoms with Crippen molar-refractivity contribution >= 4 is 17.8 Å². The molecule has 2 N–H and O–H groups in total. The summed E-state index contributed by atoms with van der Waals surface area (Å²) < 4.78 is 15.6. The topological polar surface area (TPSA) is 106 Å². The average molecular weight is 544 g/mol. The summed E-state index contributed by atoms with van der Waals surface area (Å²) in [5.74, 6) is 1.89. The van der Waals surface area contributed by atoms with Gasteiger partial charge in [0.1, 0.15) is 17.2 Å². The fourth-order valence-electron chi connectivity index (χ4n) is 4.32. The number of amides is 1. The van der Waals surface area contributed by atoms with E-state index in [1.165, 1.54) is 18.6 Å². The summed E-state index contributed by atoms with van der Waals surface area (Å²) >= 11 is 0. The molecule has 5 rings (SSSR count). The maximum atomic E-state index is 12.0. The second-order valence-corrected chi connectivity index (χ2v) is 9.37. The minimum Gasteiger partial charge on any atom is -0.508 e. The third-order valence-corrected chi connectivity index (χ3v) is 6.51. The maximum absolute atomic E-state index is 12.0. The highest BCUT2D eigenvalue weighted by Gasteiger charge is 2.14. The third-order valence-electron chi connectivity index (χ3n) is 6.51. The standard InChI is InChI=1S/C17H19NO3.C15H14O4/c19-17(18-10-4-1-5-11-18)7-3-2-6-14-8-9-15-16(12-14)21-13-20-15;1-19-12-5-2-10(3-6-12)8-14(17)13-7-4-11(16)9-15(13)18/h2-3,6-9,12H,1,4-5,10-11,13H2;2-7,9,16,18H,8H2,1H3. The highest BCUT2D eigenvalue weighted by atomic mass is 16.7. The number of hydrogen-bond donors (Lipinski definition) is 2. The molecule has 2 aliphatic heterocycles. The lowest BCUT2D eigenvalue weighted by atomic mass is 10.0. The molecule has 1 saturated heterocycles. The van der Waals surface area contributed by atoms with Crippen LogP contribution in [0.1, 0.15) is 40.7 Å². The number of Topliss-reactive ketones (excluding diaryl/α,β-unsaturated/α-hetero) is 1. The van der Waals surface area contributed by atoms with Gasteiger partial charge in [0.2, 0.25) is 12.7 Å². The fraction of sp³-hybridized carbons (Fsp3) is 0.250. The average Bonchev–Trinajstić information content (AvgIpc) is 3.44. The minimum atomic E-state index is -0.210. The molecule has 2 aliphatic rings. The van der Waals surface area contributed by atoms with Crippen LogP contribution in [0.2, 0.25) is 0 Å². The van der Waals surface area contributed by atoms with Crippen LogP contribution in [-0.4, -0.2) is 53.8 Å². The Labute approximate surface area is 233 Å². The number of piperidine rings is 1. The highest BCUT2D eigenvalue weighted by molar-refractivity contribution is 6.00. The summed E-state index contributed by atoms with van der Waals surface area (Å²) in [6, 6.07) is 16.9. The predicted molar refractivity (Wildman–Crippen MR) is 152 cm³/mol. The predicted octanol–water partition coefficient (Wildman–Crippen LogP) is 5.53. The highest BCUT2D eigenvalue weighted by Crippen LogP contribution is 2.32. The van der Waals surface area contributed by atoms with Gasteiger partial charge < -0.3 is 29.3 Å². The molecule has 8 nitrogen and oxygen atoms in total. The molecule has 208 valence electrons. The number of phenols is 2. The number of fused-ring (bicyclic) bond motifs is 1. The fourth-order valence-corrected chi connectivity index (χ4v) is 4.32. The molecule has 0 unspecified atom stereocenters. The van der Waals surface area contributed by atoms with Crippen LogP contribution in [0.5, 0.6) is 28.7 Å². The van der Waals surface area contributed by atoms with Crippen molar-refractivity contribution in [3.8, 4) is 28.7 Å². The monoisotopic (exact) mass is 543 g/mol. The van der Waals surface area contributed by atoms with Crippen molar-refractivity contribution in [2.45, 2.75) is 25.7 Å². The van der Waals surface area contributed by atoms with Gasteiger partial charge in [-0.1, -0.05) is 36.4 Å². The Kier molecular flexibility index (Phi) is 9.83. The summed E-state index contributed by atoms with van der Waals surface area (Å²) in [5, 5.41) is 18.8. The summed E-state index contributed by atoms with van der Waals surface area (Å²) in [6.07, 6.45) is 10.9. The van der Waals surface area contributed by atoms with Crippen LogP contribution >= 0.6 is 0 Å². The number of ketones is 1. The van der Waals surface area contributed by atoms with E-state index in [0.29, 0.717) is 0 Å². The summed E-state index contributed by atoms with van der Waals surface area (Å²) in [6.45, 7) is 2.05. The van der Waals surface area contributed by atoms with Crippen LogP contribution < -0.4 is 14.2 Å². The van der Waals surface area contributed by atoms with Gasteiger partial charge in [0.15, 0.2) is 17.3 Å². The first-order valence-corrected chi connectivity index (χ1v) is 13.1. The first-order valence-electron chi connectivity index (χ1n) is 13.1. The SMILES string of the molecule is COc1ccc(CC(=O)c2ccc(O)cc2O)cc1.O=C(C=CC=Cc1ccc2c(c1)OCO2)N1CCCCC1. The van der Waals surface area contributed by atoms with Gasteiger partial charge in [0, 0.05) is 31.7 Å². The van der Waals surface area contributed by atoms with Gasteiger partial charge in [-0.3, -0.25) is 9.59 Å². The number of phenolic OH excluding ortho intramolecular Hbond substituents is 2. The molecular formula is C32H33NO7. The van der Waals surface area contributed by atoms with E-state index in [9.17, 15) is 19.8 Å². The largest absolute Gasteiger partial charge is 0.508 e. The van der Waals surface area contributed by atoms with Crippen molar-refractivity contribution in [1.29, 1.82) is 0 Å². The number of aromatic hydroxyl groups is 2. The van der Waals surface area contributed by atoms with E-state index >= 15 is 0 Å². The van der Waals surface area contributed by atoms with E-state index in [0.717, 1.165) is 60.4 Å². The van der Waals surface area contributed by atoms with Crippen molar-refractivity contribution in [2.75, 3.05) is 27.0 Å². The van der Waals surface area contributed by atoms with Crippen molar-refractivity contribution in [2.24, 2.45) is 0 Å². The molecule has 1 amide bonds. The van der Waals surface area contributed by atoms with E-state index in [-0.39, 0.29) is 42.0 Å². The normalized spacial score (nSPS) is 14.2. The van der Waals surface area contributed by atoms with Crippen LogP contribution in [0, 0.1) is 0 Å². The number of allylic oxidation sites excluding steroid dienone is 2. The molecule has 0 radical (unpaired) electrons. The molecule has 0 aromatic heterocycles. The van der Waals surface area contributed by atoms with E-state index in [1.54, 1.807) is 43.5 Å². The molecule has 0 spiro atoms. The molecule has 0 saturated carbocycles. The second kappa shape index (κ2) is 13.9. The molecule has 3 aromatic rings. The number of nitrogens with zero attached hydrogens (tertiary/aromatic N) is 1. The third kappa shape index (κ3) is 7.89. The number of methoxy groups -OCH3 is 1. The lowest BCUT2D eigenvalue weighted by molar-refractivity contribution is -0.126. The van der Waals surface area contributed by atoms with Gasteiger partial charge in [-0.25, -0.2) is 0 Å². The summed E-state index contributed by atoms with van der Waals surface area (Å²) in [7, 11) is 1.58. The number of carbonyl (C=O) groups is 2. The Bertz CT molecular complexity index is 1370. The molecule has 1 fully saturated rings. The van der Waals surface area contributed by atoms with Crippen LogP contribution in [-0.2, 0) is 11.2 Å². The van der Waals surface area contributed by atoms with Gasteiger partial charge in [-0.05, 0) is 66.8 Å². The van der Waals surface area contributed by atoms with Gasteiger partial charge in [-0.15, -0.1) is 0 Å². The van der Waals surface area contributed by atoms with E-state index < -0.39 is 0 Å². The lowest BCUT2D eigenvalue weighted by Gasteiger charge is -2.25. The lowest BCUT2D eigenvalue weighted by Crippen LogP contribution is -2.34. The van der Waals surface area contributed by atoms with Gasteiger partial charge in [0.05, 0.1) is 12.7 Å². The molecule has 8 heteroatoms. The van der Waals surface area contributed by atoms with Crippen LogP contribution in [0.4, 0.5) is 0 Å². The molecule has 0 aliphatic carbocycles. The van der Waals surface area contributed by atoms with Crippen molar-refractivity contribution in [3.63, 3.8) is 0 Å². The Balaban J connectivity index is 0.000000186. The van der Waals surface area contributed by atoms with Crippen molar-refractivity contribution in [1.82, 2.24) is 4.90 Å². The number of likely N-dealkylation sites (tertiary alicyclic amines) is 1. The Hall–Kier alpha value is -4.72. The first kappa shape index (κ1) is 28.3. The molecule has 2 heterocycles. The first-order chi connectivity index (χ1) is 19.4. The minimum absolute atomic E-state index is 0.0708. The van der Waals surface area contributed by atoms with Gasteiger partial charge in [-0.2, -0.15) is 0 Å². The molecule has 0 atom stereocenters. The van der Waals surface area contributed by atoms with Crippen LogP contribution in [0.25, 0.3) is 6.08 Å². The number of benzene rings is 3. The summed E-state index contributed by atoms with van der Waals surface area (Å²) in [4.78, 5) is 25.9. The van der Waals surface area contributed by atoms with Crippen LogP contribution in [0.15, 0.2) is 78.9 Å². The summed E-state index contributed by atoms with van der Waals surface area (Å²) in [5.41, 5.74) is 2.06. The van der Waals surface area contributed by atoms with Gasteiger partial charge >= 0.3 is 0 Å². The van der Waals surface area contributed by atoms with E-state index in [4.69, 9.17) is 14.2 Å². The molecule has 0 bridgehead atoms. The quantitative estimate of drug-likeness (QED) is 0.229. The zero-order valence-electron chi connectivity index (χ0n) is 22.4. The maximum Gasteiger partial charge on any atom is 0.246 e. The Morgan fingerprint density at radius 2 is 1.65 bits per heavy atom. The number of carbonyl (C=O) groups excluding carboxylic acids is 2. The molecule has 40 heavy (non-hydrogen) atoms. The van der Waals surface area contributed by atoms with Gasteiger partial charge in [0.25, 0.3) is 0 Å². The zero-order valence-corrected chi connectivity index (χ0v) is 22.4. The second-order valence-electron chi connectivity index (χ2n) is 9.37. The van der Waals surface area contributed by atoms with Crippen LogP contribution in [0.3, 0.4) is 0 Å². The van der Waals surface area contributed by atoms with Crippen molar-refractivity contribution < 1.29 is 34.0 Å². The number of hydrogen-bond acceptors (Lipinski definition) is 7. The van der Waals surface area contributed by atoms with Crippen molar-refractivity contribution in [3.05, 3.63) is 95.6 Å². The molecular weight excluding hydrogens is 510 g/mol. The zero-order chi connectivity index (χ0) is 28.3.